The monoisotopic (exact) mass is 271 g/mol. The van der Waals surface area contributed by atoms with E-state index in [1.165, 1.54) is 6.92 Å². The lowest BCUT2D eigenvalue weighted by atomic mass is 10.1. The Labute approximate surface area is 118 Å². The molecule has 0 aliphatic carbocycles. The summed E-state index contributed by atoms with van der Waals surface area (Å²) in [5.41, 5.74) is 2.71. The van der Waals surface area contributed by atoms with E-state index in [1.54, 1.807) is 13.0 Å². The lowest BCUT2D eigenvalue weighted by Gasteiger charge is -2.12. The molecule has 2 aromatic rings. The molecule has 0 atom stereocenters. The summed E-state index contributed by atoms with van der Waals surface area (Å²) < 4.78 is 5.65. The zero-order valence-corrected chi connectivity index (χ0v) is 11.6. The molecule has 0 amide bonds. The lowest BCUT2D eigenvalue weighted by Crippen LogP contribution is -2.07. The molecule has 20 heavy (non-hydrogen) atoms. The van der Waals surface area contributed by atoms with Crippen LogP contribution in [0.2, 0.25) is 0 Å². The molecular formula is C16H17NO3. The van der Waals surface area contributed by atoms with Crippen molar-refractivity contribution in [1.82, 2.24) is 4.98 Å². The number of hydrogen-bond acceptors (Lipinski definition) is 4. The maximum absolute atomic E-state index is 11.7. The second kappa shape index (κ2) is 6.30. The quantitative estimate of drug-likeness (QED) is 0.849. The van der Waals surface area contributed by atoms with Gasteiger partial charge in [0.2, 0.25) is 5.88 Å². The molecule has 0 bridgehead atoms. The molecule has 0 unspecified atom stereocenters. The Kier molecular flexibility index (Phi) is 4.48. The largest absolute Gasteiger partial charge is 0.472 e. The van der Waals surface area contributed by atoms with Crippen molar-refractivity contribution in [3.8, 4) is 5.88 Å². The number of aliphatic hydroxyl groups is 1. The van der Waals surface area contributed by atoms with Crippen LogP contribution in [0, 0.1) is 6.92 Å². The fourth-order valence-electron chi connectivity index (χ4n) is 1.87. The first-order valence-corrected chi connectivity index (χ1v) is 6.41. The number of pyridine rings is 1. The highest BCUT2D eigenvalue weighted by atomic mass is 16.5. The summed E-state index contributed by atoms with van der Waals surface area (Å²) in [6.45, 7) is 3.46. The van der Waals surface area contributed by atoms with Gasteiger partial charge in [0.05, 0.1) is 12.2 Å². The number of nitrogens with zero attached hydrogens (tertiary/aromatic N) is 1. The van der Waals surface area contributed by atoms with E-state index in [1.807, 2.05) is 30.3 Å². The molecule has 0 spiro atoms. The van der Waals surface area contributed by atoms with Gasteiger partial charge in [0.25, 0.3) is 0 Å². The van der Waals surface area contributed by atoms with Crippen LogP contribution >= 0.6 is 0 Å². The van der Waals surface area contributed by atoms with Crippen molar-refractivity contribution in [3.05, 3.63) is 58.8 Å². The highest BCUT2D eigenvalue weighted by Gasteiger charge is 2.14. The van der Waals surface area contributed by atoms with Crippen molar-refractivity contribution < 1.29 is 14.6 Å². The number of hydrogen-bond donors (Lipinski definition) is 1. The lowest BCUT2D eigenvalue weighted by molar-refractivity contribution is 0.101. The minimum atomic E-state index is -0.141. The second-order valence-corrected chi connectivity index (χ2v) is 4.57. The number of ketones is 1. The topological polar surface area (TPSA) is 59.4 Å². The summed E-state index contributed by atoms with van der Waals surface area (Å²) >= 11 is 0. The van der Waals surface area contributed by atoms with E-state index in [2.05, 4.69) is 4.98 Å². The van der Waals surface area contributed by atoms with Crippen molar-refractivity contribution in [2.75, 3.05) is 0 Å². The molecule has 0 saturated heterocycles. The third-order valence-corrected chi connectivity index (χ3v) is 3.05. The van der Waals surface area contributed by atoms with Gasteiger partial charge in [-0.1, -0.05) is 30.3 Å². The van der Waals surface area contributed by atoms with Crippen molar-refractivity contribution in [2.45, 2.75) is 27.1 Å². The molecule has 2 rings (SSSR count). The number of rotatable bonds is 5. The van der Waals surface area contributed by atoms with Gasteiger partial charge < -0.3 is 9.84 Å². The predicted molar refractivity (Wildman–Crippen MR) is 75.7 cm³/mol. The van der Waals surface area contributed by atoms with E-state index < -0.39 is 0 Å². The number of carbonyl (C=O) groups is 1. The van der Waals surface area contributed by atoms with E-state index in [0.717, 1.165) is 5.56 Å². The van der Waals surface area contributed by atoms with E-state index in [9.17, 15) is 9.90 Å². The van der Waals surface area contributed by atoms with E-state index in [-0.39, 0.29) is 12.4 Å². The highest BCUT2D eigenvalue weighted by molar-refractivity contribution is 5.96. The molecule has 4 nitrogen and oxygen atoms in total. The predicted octanol–water partition coefficient (Wildman–Crippen LogP) is 2.66. The van der Waals surface area contributed by atoms with Crippen LogP contribution in [0.15, 0.2) is 36.4 Å². The van der Waals surface area contributed by atoms with E-state index in [0.29, 0.717) is 29.3 Å². The summed E-state index contributed by atoms with van der Waals surface area (Å²) in [7, 11) is 0. The maximum atomic E-state index is 11.7. The number of benzene rings is 1. The zero-order chi connectivity index (χ0) is 14.5. The van der Waals surface area contributed by atoms with Gasteiger partial charge in [-0.3, -0.25) is 4.79 Å². The van der Waals surface area contributed by atoms with Gasteiger partial charge >= 0.3 is 0 Å². The smallest absolute Gasteiger partial charge is 0.224 e. The summed E-state index contributed by atoms with van der Waals surface area (Å²) in [6, 6.07) is 11.3. The number of Topliss-reactive ketones (excluding diaryl/α,β-unsaturated/α-hetero) is 1. The number of ether oxygens (including phenoxy) is 1. The van der Waals surface area contributed by atoms with Gasteiger partial charge in [0, 0.05) is 5.69 Å². The molecule has 104 valence electrons. The number of aryl methyl sites for hydroxylation is 1. The van der Waals surface area contributed by atoms with Crippen molar-refractivity contribution in [2.24, 2.45) is 0 Å². The van der Waals surface area contributed by atoms with E-state index >= 15 is 0 Å². The number of aliphatic hydroxyl groups excluding tert-OH is 1. The maximum Gasteiger partial charge on any atom is 0.224 e. The van der Waals surface area contributed by atoms with Crippen LogP contribution in [0.3, 0.4) is 0 Å². The molecule has 0 aliphatic rings. The van der Waals surface area contributed by atoms with E-state index in [4.69, 9.17) is 4.74 Å². The fourth-order valence-corrected chi connectivity index (χ4v) is 1.87. The third-order valence-electron chi connectivity index (χ3n) is 3.05. The van der Waals surface area contributed by atoms with Crippen molar-refractivity contribution >= 4 is 5.78 Å². The summed E-state index contributed by atoms with van der Waals surface area (Å²) in [5, 5.41) is 9.23. The zero-order valence-electron chi connectivity index (χ0n) is 11.6. The standard InChI is InChI=1S/C16H17NO3/c1-11-14(9-18)8-15(12(2)19)16(17-11)20-10-13-6-4-3-5-7-13/h3-8,18H,9-10H2,1-2H3. The van der Waals surface area contributed by atoms with Gasteiger partial charge in [0.15, 0.2) is 5.78 Å². The summed E-state index contributed by atoms with van der Waals surface area (Å²) in [5.74, 6) is 0.186. The van der Waals surface area contributed by atoms with Gasteiger partial charge in [-0.2, -0.15) is 0 Å². The molecule has 0 fully saturated rings. The average Bonchev–Trinajstić information content (AvgIpc) is 2.46. The molecule has 1 aromatic heterocycles. The van der Waals surface area contributed by atoms with Gasteiger partial charge in [-0.05, 0) is 31.0 Å². The van der Waals surface area contributed by atoms with Crippen molar-refractivity contribution in [1.29, 1.82) is 0 Å². The Bertz CT molecular complexity index is 609. The Morgan fingerprint density at radius 3 is 2.60 bits per heavy atom. The Balaban J connectivity index is 2.26. The summed E-state index contributed by atoms with van der Waals surface area (Å²) in [4.78, 5) is 15.9. The molecule has 1 aromatic carbocycles. The van der Waals surface area contributed by atoms with Gasteiger partial charge in [0.1, 0.15) is 6.61 Å². The molecule has 0 saturated carbocycles. The highest BCUT2D eigenvalue weighted by Crippen LogP contribution is 2.21. The fraction of sp³-hybridized carbons (Fsp3) is 0.250. The average molecular weight is 271 g/mol. The normalized spacial score (nSPS) is 10.3. The van der Waals surface area contributed by atoms with Crippen LogP contribution in [-0.4, -0.2) is 15.9 Å². The first-order chi connectivity index (χ1) is 9.61. The summed E-state index contributed by atoms with van der Waals surface area (Å²) in [6.07, 6.45) is 0. The van der Waals surface area contributed by atoms with Crippen LogP contribution < -0.4 is 4.74 Å². The molecular weight excluding hydrogens is 254 g/mol. The Morgan fingerprint density at radius 1 is 1.30 bits per heavy atom. The minimum Gasteiger partial charge on any atom is -0.472 e. The molecule has 0 aliphatic heterocycles. The van der Waals surface area contributed by atoms with Gasteiger partial charge in [-0.15, -0.1) is 0 Å². The van der Waals surface area contributed by atoms with Gasteiger partial charge in [-0.25, -0.2) is 4.98 Å². The van der Waals surface area contributed by atoms with Crippen LogP contribution in [0.5, 0.6) is 5.88 Å². The Hall–Kier alpha value is -2.20. The number of aromatic nitrogens is 1. The second-order valence-electron chi connectivity index (χ2n) is 4.57. The van der Waals surface area contributed by atoms with Crippen LogP contribution in [-0.2, 0) is 13.2 Å². The molecule has 4 heteroatoms. The van der Waals surface area contributed by atoms with Crippen LogP contribution in [0.1, 0.15) is 34.1 Å². The number of carbonyl (C=O) groups excluding carboxylic acids is 1. The molecule has 1 heterocycles. The first-order valence-electron chi connectivity index (χ1n) is 6.41. The molecule has 1 N–H and O–H groups in total. The minimum absolute atomic E-state index is 0.129. The Morgan fingerprint density at radius 2 is 2.00 bits per heavy atom. The molecule has 0 radical (unpaired) electrons. The van der Waals surface area contributed by atoms with Crippen molar-refractivity contribution in [3.63, 3.8) is 0 Å². The van der Waals surface area contributed by atoms with Crippen LogP contribution in [0.25, 0.3) is 0 Å². The van der Waals surface area contributed by atoms with Crippen LogP contribution in [0.4, 0.5) is 0 Å². The first kappa shape index (κ1) is 14.2. The third kappa shape index (κ3) is 3.22. The SMILES string of the molecule is CC(=O)c1cc(CO)c(C)nc1OCc1ccccc1.